The van der Waals surface area contributed by atoms with Crippen LogP contribution in [0.25, 0.3) is 0 Å². The van der Waals surface area contributed by atoms with Crippen molar-refractivity contribution in [3.63, 3.8) is 0 Å². The standard InChI is InChI=1S/C16H22BrFN2O/c1-2-10-20(11-12-6-8-19-9-7-12)16(21)13-4-3-5-14(17)15(13)18/h3-5,12,19H,2,6-11H2,1H3. The molecule has 0 aromatic heterocycles. The normalized spacial score (nSPS) is 16.0. The second kappa shape index (κ2) is 7.90. The smallest absolute Gasteiger partial charge is 0.256 e. The lowest BCUT2D eigenvalue weighted by Crippen LogP contribution is -2.40. The summed E-state index contributed by atoms with van der Waals surface area (Å²) >= 11 is 3.15. The van der Waals surface area contributed by atoms with Crippen LogP contribution < -0.4 is 5.32 Å². The molecule has 0 radical (unpaired) electrons. The van der Waals surface area contributed by atoms with Crippen LogP contribution in [-0.2, 0) is 0 Å². The van der Waals surface area contributed by atoms with Gasteiger partial charge in [0.15, 0.2) is 0 Å². The fraction of sp³-hybridized carbons (Fsp3) is 0.562. The lowest BCUT2D eigenvalue weighted by atomic mass is 9.97. The number of carbonyl (C=O) groups is 1. The first-order chi connectivity index (χ1) is 10.1. The van der Waals surface area contributed by atoms with Crippen molar-refractivity contribution < 1.29 is 9.18 Å². The summed E-state index contributed by atoms with van der Waals surface area (Å²) in [7, 11) is 0. The number of nitrogens with one attached hydrogen (secondary N) is 1. The lowest BCUT2D eigenvalue weighted by molar-refractivity contribution is 0.0711. The maximum absolute atomic E-state index is 14.1. The van der Waals surface area contributed by atoms with Crippen molar-refractivity contribution in [2.45, 2.75) is 26.2 Å². The van der Waals surface area contributed by atoms with Gasteiger partial charge in [-0.3, -0.25) is 4.79 Å². The summed E-state index contributed by atoms with van der Waals surface area (Å²) in [5, 5.41) is 3.33. The third-order valence-corrected chi connectivity index (χ3v) is 4.51. The number of piperidine rings is 1. The summed E-state index contributed by atoms with van der Waals surface area (Å²) in [6.07, 6.45) is 3.04. The van der Waals surface area contributed by atoms with E-state index in [4.69, 9.17) is 0 Å². The number of benzene rings is 1. The molecule has 1 aliphatic heterocycles. The number of hydrogen-bond donors (Lipinski definition) is 1. The summed E-state index contributed by atoms with van der Waals surface area (Å²) in [5.74, 6) is -0.153. The van der Waals surface area contributed by atoms with Crippen LogP contribution in [-0.4, -0.2) is 37.0 Å². The molecule has 1 N–H and O–H groups in total. The zero-order valence-electron chi connectivity index (χ0n) is 12.4. The maximum Gasteiger partial charge on any atom is 0.256 e. The Bertz CT molecular complexity index is 489. The number of hydrogen-bond acceptors (Lipinski definition) is 2. The summed E-state index contributed by atoms with van der Waals surface area (Å²) in [6, 6.07) is 4.88. The maximum atomic E-state index is 14.1. The van der Waals surface area contributed by atoms with Crippen LogP contribution in [0.2, 0.25) is 0 Å². The molecule has 1 saturated heterocycles. The Balaban J connectivity index is 2.12. The predicted molar refractivity (Wildman–Crippen MR) is 85.9 cm³/mol. The number of nitrogens with zero attached hydrogens (tertiary/aromatic N) is 1. The number of rotatable bonds is 5. The molecule has 0 bridgehead atoms. The molecule has 1 heterocycles. The summed E-state index contributed by atoms with van der Waals surface area (Å²) in [4.78, 5) is 14.4. The minimum atomic E-state index is -0.464. The first kappa shape index (κ1) is 16.4. The zero-order valence-corrected chi connectivity index (χ0v) is 14.0. The highest BCUT2D eigenvalue weighted by atomic mass is 79.9. The first-order valence-corrected chi connectivity index (χ1v) is 8.36. The van der Waals surface area contributed by atoms with Crippen molar-refractivity contribution >= 4 is 21.8 Å². The molecule has 116 valence electrons. The van der Waals surface area contributed by atoms with Gasteiger partial charge in [0.1, 0.15) is 5.82 Å². The zero-order chi connectivity index (χ0) is 15.2. The van der Waals surface area contributed by atoms with E-state index >= 15 is 0 Å². The highest BCUT2D eigenvalue weighted by Crippen LogP contribution is 2.21. The molecule has 1 aromatic rings. The summed E-state index contributed by atoms with van der Waals surface area (Å²) in [6.45, 7) is 5.45. The largest absolute Gasteiger partial charge is 0.338 e. The Morgan fingerprint density at radius 2 is 2.14 bits per heavy atom. The van der Waals surface area contributed by atoms with Crippen LogP contribution in [0.5, 0.6) is 0 Å². The molecule has 1 aliphatic rings. The molecular formula is C16H22BrFN2O. The molecule has 1 aromatic carbocycles. The lowest BCUT2D eigenvalue weighted by Gasteiger charge is -2.30. The van der Waals surface area contributed by atoms with E-state index in [-0.39, 0.29) is 11.5 Å². The van der Waals surface area contributed by atoms with Crippen molar-refractivity contribution in [1.29, 1.82) is 0 Å². The van der Waals surface area contributed by atoms with E-state index in [1.54, 1.807) is 23.1 Å². The Kier molecular flexibility index (Phi) is 6.18. The second-order valence-corrected chi connectivity index (χ2v) is 6.40. The van der Waals surface area contributed by atoms with Crippen LogP contribution >= 0.6 is 15.9 Å². The summed E-state index contributed by atoms with van der Waals surface area (Å²) < 4.78 is 14.5. The topological polar surface area (TPSA) is 32.3 Å². The van der Waals surface area contributed by atoms with Gasteiger partial charge >= 0.3 is 0 Å². The van der Waals surface area contributed by atoms with Gasteiger partial charge in [0.2, 0.25) is 0 Å². The average molecular weight is 357 g/mol. The van der Waals surface area contributed by atoms with Gasteiger partial charge in [0, 0.05) is 13.1 Å². The highest BCUT2D eigenvalue weighted by Gasteiger charge is 2.23. The number of amides is 1. The van der Waals surface area contributed by atoms with E-state index in [1.165, 1.54) is 0 Å². The Hall–Kier alpha value is -0.940. The van der Waals surface area contributed by atoms with E-state index in [0.29, 0.717) is 16.9 Å². The predicted octanol–water partition coefficient (Wildman–Crippen LogP) is 3.44. The van der Waals surface area contributed by atoms with E-state index in [9.17, 15) is 9.18 Å². The monoisotopic (exact) mass is 356 g/mol. The molecule has 3 nitrogen and oxygen atoms in total. The fourth-order valence-corrected chi connectivity index (χ4v) is 3.13. The Morgan fingerprint density at radius 3 is 2.81 bits per heavy atom. The molecule has 0 aliphatic carbocycles. The van der Waals surface area contributed by atoms with Crippen molar-refractivity contribution in [2.75, 3.05) is 26.2 Å². The van der Waals surface area contributed by atoms with Gasteiger partial charge in [-0.25, -0.2) is 4.39 Å². The SMILES string of the molecule is CCCN(CC1CCNCC1)C(=O)c1cccc(Br)c1F. The number of carbonyl (C=O) groups excluding carboxylic acids is 1. The first-order valence-electron chi connectivity index (χ1n) is 7.57. The van der Waals surface area contributed by atoms with Crippen molar-refractivity contribution in [1.82, 2.24) is 10.2 Å². The molecule has 21 heavy (non-hydrogen) atoms. The molecule has 0 saturated carbocycles. The van der Waals surface area contributed by atoms with Crippen LogP contribution in [0.15, 0.2) is 22.7 Å². The van der Waals surface area contributed by atoms with Gasteiger partial charge in [0.05, 0.1) is 10.0 Å². The van der Waals surface area contributed by atoms with Gasteiger partial charge in [-0.1, -0.05) is 13.0 Å². The Labute approximate surface area is 134 Å². The molecular weight excluding hydrogens is 335 g/mol. The fourth-order valence-electron chi connectivity index (χ4n) is 2.76. The van der Waals surface area contributed by atoms with Crippen LogP contribution in [0.1, 0.15) is 36.5 Å². The molecule has 0 atom stereocenters. The number of halogens is 2. The quantitative estimate of drug-likeness (QED) is 0.876. The molecule has 1 amide bonds. The summed E-state index contributed by atoms with van der Waals surface area (Å²) in [5.41, 5.74) is 0.159. The van der Waals surface area contributed by atoms with Crippen LogP contribution in [0.3, 0.4) is 0 Å². The molecule has 0 spiro atoms. The molecule has 2 rings (SSSR count). The van der Waals surface area contributed by atoms with E-state index in [0.717, 1.165) is 38.9 Å². The van der Waals surface area contributed by atoms with Gasteiger partial charge < -0.3 is 10.2 Å². The van der Waals surface area contributed by atoms with Gasteiger partial charge in [-0.15, -0.1) is 0 Å². The van der Waals surface area contributed by atoms with Crippen molar-refractivity contribution in [2.24, 2.45) is 5.92 Å². The molecule has 5 heteroatoms. The molecule has 1 fully saturated rings. The third kappa shape index (κ3) is 4.27. The van der Waals surface area contributed by atoms with Gasteiger partial charge in [0.25, 0.3) is 5.91 Å². The Morgan fingerprint density at radius 1 is 1.43 bits per heavy atom. The highest BCUT2D eigenvalue weighted by molar-refractivity contribution is 9.10. The van der Waals surface area contributed by atoms with E-state index in [2.05, 4.69) is 21.2 Å². The van der Waals surface area contributed by atoms with Gasteiger partial charge in [-0.2, -0.15) is 0 Å². The van der Waals surface area contributed by atoms with Crippen molar-refractivity contribution in [3.8, 4) is 0 Å². The average Bonchev–Trinajstić information content (AvgIpc) is 2.50. The van der Waals surface area contributed by atoms with Crippen LogP contribution in [0, 0.1) is 11.7 Å². The molecule has 0 unspecified atom stereocenters. The second-order valence-electron chi connectivity index (χ2n) is 5.55. The minimum absolute atomic E-state index is 0.159. The van der Waals surface area contributed by atoms with E-state index < -0.39 is 5.82 Å². The minimum Gasteiger partial charge on any atom is -0.338 e. The third-order valence-electron chi connectivity index (χ3n) is 3.90. The van der Waals surface area contributed by atoms with Crippen molar-refractivity contribution in [3.05, 3.63) is 34.1 Å². The van der Waals surface area contributed by atoms with Crippen LogP contribution in [0.4, 0.5) is 4.39 Å². The van der Waals surface area contributed by atoms with E-state index in [1.807, 2.05) is 6.92 Å². The van der Waals surface area contributed by atoms with Gasteiger partial charge in [-0.05, 0) is 66.3 Å².